The number of nitrogens with zero attached hydrogens (tertiary/aromatic N) is 2. The molecule has 1 fully saturated rings. The molecule has 1 saturated heterocycles. The van der Waals surface area contributed by atoms with E-state index in [0.717, 1.165) is 31.4 Å². The number of pyridine rings is 2. The maximum atomic E-state index is 14.7. The Morgan fingerprint density at radius 3 is 2.70 bits per heavy atom. The SMILES string of the molecule is NC(=O)c1ccc2cncc(-c3ccc(OCCOCCOC4CCOCC4)c(F)c3)c2n1. The quantitative estimate of drug-likeness (QED) is 0.468. The molecule has 2 aromatic heterocycles. The molecule has 1 aliphatic heterocycles. The summed E-state index contributed by atoms with van der Waals surface area (Å²) < 4.78 is 36.7. The molecule has 2 N–H and O–H groups in total. The highest BCUT2D eigenvalue weighted by molar-refractivity contribution is 5.97. The normalized spacial score (nSPS) is 14.5. The second-order valence-electron chi connectivity index (χ2n) is 7.61. The van der Waals surface area contributed by atoms with E-state index in [-0.39, 0.29) is 24.2 Å². The van der Waals surface area contributed by atoms with Gasteiger partial charge in [0.15, 0.2) is 11.6 Å². The zero-order chi connectivity index (χ0) is 23.0. The maximum absolute atomic E-state index is 14.7. The Balaban J connectivity index is 1.31. The van der Waals surface area contributed by atoms with E-state index in [1.807, 2.05) is 0 Å². The first kappa shape index (κ1) is 23.0. The molecule has 0 radical (unpaired) electrons. The molecule has 3 heterocycles. The molecule has 8 nitrogen and oxygen atoms in total. The number of amides is 1. The van der Waals surface area contributed by atoms with Crippen LogP contribution in [0.1, 0.15) is 23.3 Å². The molecule has 0 unspecified atom stereocenters. The van der Waals surface area contributed by atoms with Crippen LogP contribution in [0.5, 0.6) is 5.75 Å². The molecular weight excluding hydrogens is 429 g/mol. The van der Waals surface area contributed by atoms with Crippen LogP contribution in [0, 0.1) is 5.82 Å². The third-order valence-electron chi connectivity index (χ3n) is 5.33. The van der Waals surface area contributed by atoms with Crippen LogP contribution in [0.3, 0.4) is 0 Å². The first-order chi connectivity index (χ1) is 16.1. The van der Waals surface area contributed by atoms with Gasteiger partial charge in [0.05, 0.1) is 31.4 Å². The number of benzene rings is 1. The summed E-state index contributed by atoms with van der Waals surface area (Å²) in [6, 6.07) is 7.87. The molecular formula is C24H26FN3O5. The van der Waals surface area contributed by atoms with E-state index >= 15 is 0 Å². The van der Waals surface area contributed by atoms with E-state index in [0.29, 0.717) is 36.5 Å². The summed E-state index contributed by atoms with van der Waals surface area (Å²) >= 11 is 0. The Hall–Kier alpha value is -3.14. The van der Waals surface area contributed by atoms with E-state index in [1.54, 1.807) is 30.6 Å². The fourth-order valence-electron chi connectivity index (χ4n) is 3.61. The fourth-order valence-corrected chi connectivity index (χ4v) is 3.61. The minimum Gasteiger partial charge on any atom is -0.488 e. The van der Waals surface area contributed by atoms with Crippen LogP contribution >= 0.6 is 0 Å². The lowest BCUT2D eigenvalue weighted by molar-refractivity contribution is -0.0509. The molecule has 3 aromatic rings. The van der Waals surface area contributed by atoms with Crippen molar-refractivity contribution in [2.45, 2.75) is 18.9 Å². The van der Waals surface area contributed by atoms with Gasteiger partial charge in [-0.25, -0.2) is 9.37 Å². The number of primary amides is 1. The van der Waals surface area contributed by atoms with Crippen molar-refractivity contribution < 1.29 is 28.1 Å². The highest BCUT2D eigenvalue weighted by atomic mass is 19.1. The number of nitrogens with two attached hydrogens (primary N) is 1. The third-order valence-corrected chi connectivity index (χ3v) is 5.33. The van der Waals surface area contributed by atoms with Gasteiger partial charge in [-0.2, -0.15) is 0 Å². The van der Waals surface area contributed by atoms with Crippen molar-refractivity contribution in [3.05, 3.63) is 54.2 Å². The molecule has 0 spiro atoms. The van der Waals surface area contributed by atoms with E-state index in [9.17, 15) is 9.18 Å². The number of carbonyl (C=O) groups excluding carboxylic acids is 1. The van der Waals surface area contributed by atoms with Gasteiger partial charge in [-0.1, -0.05) is 6.07 Å². The Bertz CT molecular complexity index is 1100. The zero-order valence-corrected chi connectivity index (χ0v) is 18.2. The highest BCUT2D eigenvalue weighted by Crippen LogP contribution is 2.30. The Morgan fingerprint density at radius 1 is 1.09 bits per heavy atom. The molecule has 0 saturated carbocycles. The fraction of sp³-hybridized carbons (Fsp3) is 0.375. The zero-order valence-electron chi connectivity index (χ0n) is 18.2. The van der Waals surface area contributed by atoms with Gasteiger partial charge in [-0.3, -0.25) is 9.78 Å². The topological polar surface area (TPSA) is 106 Å². The molecule has 0 bridgehead atoms. The van der Waals surface area contributed by atoms with Gasteiger partial charge < -0.3 is 24.7 Å². The Morgan fingerprint density at radius 2 is 1.91 bits per heavy atom. The van der Waals surface area contributed by atoms with Crippen LogP contribution in [0.25, 0.3) is 22.0 Å². The van der Waals surface area contributed by atoms with Gasteiger partial charge >= 0.3 is 0 Å². The molecule has 0 atom stereocenters. The largest absolute Gasteiger partial charge is 0.488 e. The molecule has 1 aliphatic rings. The third kappa shape index (κ3) is 6.01. The minimum atomic E-state index is -0.632. The number of carbonyl (C=O) groups is 1. The summed E-state index contributed by atoms with van der Waals surface area (Å²) in [4.78, 5) is 20.0. The lowest BCUT2D eigenvalue weighted by Gasteiger charge is -2.22. The van der Waals surface area contributed by atoms with Crippen molar-refractivity contribution in [2.75, 3.05) is 39.6 Å². The van der Waals surface area contributed by atoms with Gasteiger partial charge in [0.1, 0.15) is 12.3 Å². The smallest absolute Gasteiger partial charge is 0.267 e. The summed E-state index contributed by atoms with van der Waals surface area (Å²) in [6.07, 6.45) is 5.26. The molecule has 1 aromatic carbocycles. The van der Waals surface area contributed by atoms with Crippen molar-refractivity contribution in [3.8, 4) is 16.9 Å². The average Bonchev–Trinajstić information content (AvgIpc) is 2.84. The van der Waals surface area contributed by atoms with E-state index in [4.69, 9.17) is 24.7 Å². The minimum absolute atomic E-state index is 0.125. The standard InChI is InChI=1S/C24H26FN3O5/c25-20-13-16(19-15-27-14-17-1-3-21(24(26)29)28-23(17)19)2-4-22(20)33-12-10-31-9-11-32-18-5-7-30-8-6-18/h1-4,13-15,18H,5-12H2,(H2,26,29). The number of rotatable bonds is 10. The average molecular weight is 455 g/mol. The number of hydrogen-bond acceptors (Lipinski definition) is 7. The Kier molecular flexibility index (Phi) is 7.77. The van der Waals surface area contributed by atoms with Crippen LogP contribution in [-0.2, 0) is 14.2 Å². The first-order valence-corrected chi connectivity index (χ1v) is 10.9. The van der Waals surface area contributed by atoms with Crippen LogP contribution in [0.15, 0.2) is 42.7 Å². The molecule has 1 amide bonds. The predicted octanol–water partition coefficient (Wildman–Crippen LogP) is 3.13. The van der Waals surface area contributed by atoms with Crippen molar-refractivity contribution in [1.82, 2.24) is 9.97 Å². The molecule has 0 aliphatic carbocycles. The number of halogens is 1. The van der Waals surface area contributed by atoms with E-state index in [1.165, 1.54) is 12.1 Å². The van der Waals surface area contributed by atoms with Gasteiger partial charge in [-0.15, -0.1) is 0 Å². The van der Waals surface area contributed by atoms with Crippen molar-refractivity contribution in [2.24, 2.45) is 5.73 Å². The summed E-state index contributed by atoms with van der Waals surface area (Å²) in [5.41, 5.74) is 7.15. The second-order valence-corrected chi connectivity index (χ2v) is 7.61. The van der Waals surface area contributed by atoms with Gasteiger partial charge in [-0.05, 0) is 42.7 Å². The van der Waals surface area contributed by atoms with Gasteiger partial charge in [0.2, 0.25) is 0 Å². The monoisotopic (exact) mass is 455 g/mol. The molecule has 174 valence electrons. The highest BCUT2D eigenvalue weighted by Gasteiger charge is 2.14. The molecule has 33 heavy (non-hydrogen) atoms. The summed E-state index contributed by atoms with van der Waals surface area (Å²) in [6.45, 7) is 2.99. The van der Waals surface area contributed by atoms with E-state index in [2.05, 4.69) is 9.97 Å². The lowest BCUT2D eigenvalue weighted by Crippen LogP contribution is -2.25. The van der Waals surface area contributed by atoms with Crippen LogP contribution in [0.2, 0.25) is 0 Å². The van der Waals surface area contributed by atoms with Crippen molar-refractivity contribution >= 4 is 16.8 Å². The number of hydrogen-bond donors (Lipinski definition) is 1. The lowest BCUT2D eigenvalue weighted by atomic mass is 10.0. The van der Waals surface area contributed by atoms with Crippen molar-refractivity contribution in [1.29, 1.82) is 0 Å². The first-order valence-electron chi connectivity index (χ1n) is 10.9. The maximum Gasteiger partial charge on any atom is 0.267 e. The van der Waals surface area contributed by atoms with Crippen LogP contribution in [-0.4, -0.2) is 61.6 Å². The van der Waals surface area contributed by atoms with Crippen LogP contribution in [0.4, 0.5) is 4.39 Å². The summed E-state index contributed by atoms with van der Waals surface area (Å²) in [5.74, 6) is -1.02. The molecule has 4 rings (SSSR count). The number of fused-ring (bicyclic) bond motifs is 1. The van der Waals surface area contributed by atoms with Gasteiger partial charge in [0, 0.05) is 36.6 Å². The van der Waals surface area contributed by atoms with Crippen molar-refractivity contribution in [3.63, 3.8) is 0 Å². The van der Waals surface area contributed by atoms with Crippen LogP contribution < -0.4 is 10.5 Å². The van der Waals surface area contributed by atoms with Gasteiger partial charge in [0.25, 0.3) is 5.91 Å². The summed E-state index contributed by atoms with van der Waals surface area (Å²) in [7, 11) is 0. The summed E-state index contributed by atoms with van der Waals surface area (Å²) in [5, 5.41) is 0.719. The predicted molar refractivity (Wildman–Crippen MR) is 120 cm³/mol. The number of ether oxygens (including phenoxy) is 4. The van der Waals surface area contributed by atoms with E-state index < -0.39 is 11.7 Å². The second kappa shape index (κ2) is 11.1. The Labute approximate surface area is 190 Å². The number of aromatic nitrogens is 2. The molecule has 9 heteroatoms.